The van der Waals surface area contributed by atoms with Gasteiger partial charge in [-0.05, 0) is 32.6 Å². The summed E-state index contributed by atoms with van der Waals surface area (Å²) in [4.78, 5) is 14.8. The van der Waals surface area contributed by atoms with Crippen molar-refractivity contribution in [1.29, 1.82) is 0 Å². The van der Waals surface area contributed by atoms with Crippen molar-refractivity contribution < 1.29 is 19.1 Å². The molecule has 1 aromatic heterocycles. The van der Waals surface area contributed by atoms with Gasteiger partial charge in [-0.2, -0.15) is 0 Å². The Bertz CT molecular complexity index is 380. The van der Waals surface area contributed by atoms with Gasteiger partial charge in [-0.25, -0.2) is 4.98 Å². The molecule has 17 heavy (non-hydrogen) atoms. The Hall–Kier alpha value is -1.36. The number of hydrogen-bond donors (Lipinski definition) is 1. The first-order valence-corrected chi connectivity index (χ1v) is 5.90. The summed E-state index contributed by atoms with van der Waals surface area (Å²) in [7, 11) is 0. The molecule has 1 aromatic rings. The zero-order valence-electron chi connectivity index (χ0n) is 9.89. The van der Waals surface area contributed by atoms with E-state index in [0.717, 1.165) is 24.3 Å². The maximum Gasteiger partial charge on any atom is 0.306 e. The van der Waals surface area contributed by atoms with Gasteiger partial charge in [-0.1, -0.05) is 0 Å². The van der Waals surface area contributed by atoms with Gasteiger partial charge in [-0.3, -0.25) is 4.79 Å². The molecule has 0 spiro atoms. The normalized spacial score (nSPS) is 24.8. The van der Waals surface area contributed by atoms with Crippen molar-refractivity contribution in [1.82, 2.24) is 4.98 Å². The van der Waals surface area contributed by atoms with Crippen LogP contribution in [-0.4, -0.2) is 22.2 Å². The minimum absolute atomic E-state index is 0.154. The molecule has 0 aliphatic heterocycles. The molecule has 0 radical (unpaired) electrons. The molecule has 1 saturated carbocycles. The summed E-state index contributed by atoms with van der Waals surface area (Å²) in [5.74, 6) is -0.0938. The monoisotopic (exact) mass is 239 g/mol. The van der Waals surface area contributed by atoms with Gasteiger partial charge in [-0.15, -0.1) is 0 Å². The Morgan fingerprint density at radius 3 is 2.76 bits per heavy atom. The highest BCUT2D eigenvalue weighted by Crippen LogP contribution is 2.27. The lowest BCUT2D eigenvalue weighted by Crippen LogP contribution is -2.26. The van der Waals surface area contributed by atoms with Gasteiger partial charge < -0.3 is 14.3 Å². The average Bonchev–Trinajstić information content (AvgIpc) is 2.73. The molecule has 1 aliphatic rings. The molecule has 0 amide bonds. The summed E-state index contributed by atoms with van der Waals surface area (Å²) in [6.07, 6.45) is 4.61. The number of aryl methyl sites for hydroxylation is 1. The fourth-order valence-corrected chi connectivity index (χ4v) is 2.14. The zero-order valence-corrected chi connectivity index (χ0v) is 9.89. The third-order valence-corrected chi connectivity index (χ3v) is 3.32. The van der Waals surface area contributed by atoms with E-state index in [1.54, 1.807) is 0 Å². The lowest BCUT2D eigenvalue weighted by atomic mass is 9.87. The van der Waals surface area contributed by atoms with Crippen LogP contribution in [0.25, 0.3) is 0 Å². The second-order valence-electron chi connectivity index (χ2n) is 4.48. The number of rotatable bonds is 4. The Morgan fingerprint density at radius 2 is 2.24 bits per heavy atom. The average molecular weight is 239 g/mol. The summed E-state index contributed by atoms with van der Waals surface area (Å²) in [5.41, 5.74) is 0.824. The lowest BCUT2D eigenvalue weighted by Gasteiger charge is -2.25. The number of aliphatic carboxylic acids is 1. The Morgan fingerprint density at radius 1 is 1.53 bits per heavy atom. The molecule has 2 rings (SSSR count). The van der Waals surface area contributed by atoms with Gasteiger partial charge in [0.15, 0.2) is 6.39 Å². The number of hydrogen-bond acceptors (Lipinski definition) is 4. The summed E-state index contributed by atoms with van der Waals surface area (Å²) in [6, 6.07) is 0. The molecule has 0 aromatic carbocycles. The van der Waals surface area contributed by atoms with E-state index >= 15 is 0 Å². The molecule has 1 fully saturated rings. The van der Waals surface area contributed by atoms with Crippen LogP contribution in [0.1, 0.15) is 37.1 Å². The topological polar surface area (TPSA) is 72.6 Å². The van der Waals surface area contributed by atoms with E-state index < -0.39 is 5.97 Å². The SMILES string of the molecule is Cc1ocnc1COC1CCC(C(=O)O)CC1. The van der Waals surface area contributed by atoms with Crippen molar-refractivity contribution in [2.75, 3.05) is 0 Å². The van der Waals surface area contributed by atoms with Crippen LogP contribution in [0.3, 0.4) is 0 Å². The second-order valence-corrected chi connectivity index (χ2v) is 4.48. The maximum atomic E-state index is 10.8. The third kappa shape index (κ3) is 3.06. The van der Waals surface area contributed by atoms with Crippen molar-refractivity contribution in [3.63, 3.8) is 0 Å². The molecule has 5 heteroatoms. The van der Waals surface area contributed by atoms with Crippen LogP contribution in [0, 0.1) is 12.8 Å². The van der Waals surface area contributed by atoms with E-state index in [2.05, 4.69) is 4.98 Å². The molecule has 0 atom stereocenters. The van der Waals surface area contributed by atoms with Crippen LogP contribution >= 0.6 is 0 Å². The molecule has 1 aliphatic carbocycles. The molecular weight excluding hydrogens is 222 g/mol. The van der Waals surface area contributed by atoms with Crippen LogP contribution in [0.4, 0.5) is 0 Å². The number of aromatic nitrogens is 1. The molecule has 1 N–H and O–H groups in total. The van der Waals surface area contributed by atoms with E-state index in [9.17, 15) is 4.79 Å². The Labute approximate surface area is 99.8 Å². The quantitative estimate of drug-likeness (QED) is 0.871. The molecule has 94 valence electrons. The van der Waals surface area contributed by atoms with Gasteiger partial charge in [0.2, 0.25) is 0 Å². The van der Waals surface area contributed by atoms with Crippen molar-refractivity contribution in [2.24, 2.45) is 5.92 Å². The highest BCUT2D eigenvalue weighted by molar-refractivity contribution is 5.70. The molecule has 1 heterocycles. The number of carboxylic acid groups (broad SMARTS) is 1. The van der Waals surface area contributed by atoms with Crippen molar-refractivity contribution in [3.05, 3.63) is 17.8 Å². The molecular formula is C12H17NO4. The maximum absolute atomic E-state index is 10.8. The van der Waals surface area contributed by atoms with Gasteiger partial charge in [0.05, 0.1) is 18.6 Å². The van der Waals surface area contributed by atoms with Gasteiger partial charge in [0.1, 0.15) is 11.5 Å². The van der Waals surface area contributed by atoms with Crippen LogP contribution in [0.2, 0.25) is 0 Å². The van der Waals surface area contributed by atoms with E-state index in [-0.39, 0.29) is 12.0 Å². The highest BCUT2D eigenvalue weighted by atomic mass is 16.5. The lowest BCUT2D eigenvalue weighted by molar-refractivity contribution is -0.143. The molecule has 0 unspecified atom stereocenters. The second kappa shape index (κ2) is 5.31. The number of nitrogens with zero attached hydrogens (tertiary/aromatic N) is 1. The van der Waals surface area contributed by atoms with Crippen LogP contribution in [0.15, 0.2) is 10.8 Å². The van der Waals surface area contributed by atoms with Crippen LogP contribution in [0.5, 0.6) is 0 Å². The first-order chi connectivity index (χ1) is 8.16. The number of carbonyl (C=O) groups is 1. The minimum atomic E-state index is -0.684. The largest absolute Gasteiger partial charge is 0.481 e. The first kappa shape index (κ1) is 12.1. The fourth-order valence-electron chi connectivity index (χ4n) is 2.14. The number of carboxylic acids is 1. The standard InChI is InChI=1S/C12H17NO4/c1-8-11(13-7-17-8)6-16-10-4-2-9(3-5-10)12(14)15/h7,9-10H,2-6H2,1H3,(H,14,15). The van der Waals surface area contributed by atoms with E-state index in [1.165, 1.54) is 6.39 Å². The van der Waals surface area contributed by atoms with Gasteiger partial charge >= 0.3 is 5.97 Å². The fraction of sp³-hybridized carbons (Fsp3) is 0.667. The zero-order chi connectivity index (χ0) is 12.3. The van der Waals surface area contributed by atoms with Crippen LogP contribution < -0.4 is 0 Å². The predicted octanol–water partition coefficient (Wildman–Crippen LogP) is 2.14. The van der Waals surface area contributed by atoms with Gasteiger partial charge in [0, 0.05) is 0 Å². The Balaban J connectivity index is 1.75. The minimum Gasteiger partial charge on any atom is -0.481 e. The van der Waals surface area contributed by atoms with Crippen LogP contribution in [-0.2, 0) is 16.1 Å². The summed E-state index contributed by atoms with van der Waals surface area (Å²) in [5, 5.41) is 8.88. The Kier molecular flexibility index (Phi) is 3.78. The first-order valence-electron chi connectivity index (χ1n) is 5.90. The summed E-state index contributed by atoms with van der Waals surface area (Å²) < 4.78 is 10.8. The van der Waals surface area contributed by atoms with E-state index in [1.807, 2.05) is 6.92 Å². The molecule has 0 bridgehead atoms. The summed E-state index contributed by atoms with van der Waals surface area (Å²) in [6.45, 7) is 2.30. The highest BCUT2D eigenvalue weighted by Gasteiger charge is 2.26. The molecule has 0 saturated heterocycles. The number of oxazole rings is 1. The summed E-state index contributed by atoms with van der Waals surface area (Å²) >= 11 is 0. The van der Waals surface area contributed by atoms with Crippen molar-refractivity contribution in [2.45, 2.75) is 45.3 Å². The van der Waals surface area contributed by atoms with E-state index in [0.29, 0.717) is 19.4 Å². The third-order valence-electron chi connectivity index (χ3n) is 3.32. The molecule has 5 nitrogen and oxygen atoms in total. The predicted molar refractivity (Wildman–Crippen MR) is 59.4 cm³/mol. The smallest absolute Gasteiger partial charge is 0.306 e. The number of ether oxygens (including phenoxy) is 1. The van der Waals surface area contributed by atoms with Crippen molar-refractivity contribution in [3.8, 4) is 0 Å². The van der Waals surface area contributed by atoms with Gasteiger partial charge in [0.25, 0.3) is 0 Å². The van der Waals surface area contributed by atoms with E-state index in [4.69, 9.17) is 14.3 Å². The van der Waals surface area contributed by atoms with Crippen molar-refractivity contribution >= 4 is 5.97 Å².